The maximum absolute atomic E-state index is 13.9. The van der Waals surface area contributed by atoms with Gasteiger partial charge in [-0.15, -0.1) is 0 Å². The number of hydrogen-bond donors (Lipinski definition) is 2. The van der Waals surface area contributed by atoms with E-state index in [1.807, 2.05) is 24.3 Å². The first-order valence-electron chi connectivity index (χ1n) is 10.6. The van der Waals surface area contributed by atoms with Crippen LogP contribution in [-0.2, 0) is 11.2 Å². The predicted molar refractivity (Wildman–Crippen MR) is 121 cm³/mol. The lowest BCUT2D eigenvalue weighted by Gasteiger charge is -2.31. The first-order chi connectivity index (χ1) is 15.5. The van der Waals surface area contributed by atoms with E-state index in [1.54, 1.807) is 6.07 Å². The molecule has 2 atom stereocenters. The highest BCUT2D eigenvalue weighted by Gasteiger charge is 2.33. The summed E-state index contributed by atoms with van der Waals surface area (Å²) in [6, 6.07) is 11.9. The maximum atomic E-state index is 13.9. The van der Waals surface area contributed by atoms with Crippen LogP contribution in [0.25, 0.3) is 11.3 Å². The van der Waals surface area contributed by atoms with E-state index in [1.165, 1.54) is 19.1 Å². The van der Waals surface area contributed by atoms with Gasteiger partial charge < -0.3 is 15.2 Å². The van der Waals surface area contributed by atoms with E-state index < -0.39 is 11.6 Å². The minimum Gasteiger partial charge on any atom is -0.356 e. The minimum absolute atomic E-state index is 0.0180. The Morgan fingerprint density at radius 2 is 2.03 bits per heavy atom. The molecule has 0 spiro atoms. The molecule has 8 heteroatoms. The molecule has 1 aromatic heterocycles. The Bertz CT molecular complexity index is 1120. The number of amides is 1. The molecule has 1 amide bonds. The van der Waals surface area contributed by atoms with Gasteiger partial charge in [-0.3, -0.25) is 4.79 Å². The van der Waals surface area contributed by atoms with Crippen molar-refractivity contribution in [2.75, 3.05) is 19.6 Å². The molecule has 0 saturated carbocycles. The summed E-state index contributed by atoms with van der Waals surface area (Å²) in [5.74, 6) is -1.22. The predicted octanol–water partition coefficient (Wildman–Crippen LogP) is 4.92. The summed E-state index contributed by atoms with van der Waals surface area (Å²) in [4.78, 5) is 11.2. The molecule has 1 aliphatic rings. The van der Waals surface area contributed by atoms with E-state index in [-0.39, 0.29) is 17.7 Å². The topological polar surface area (TPSA) is 67.2 Å². The fourth-order valence-corrected chi connectivity index (χ4v) is 4.96. The van der Waals surface area contributed by atoms with Crippen molar-refractivity contribution in [1.29, 1.82) is 0 Å². The summed E-state index contributed by atoms with van der Waals surface area (Å²) in [6.45, 7) is 3.45. The third-order valence-corrected chi connectivity index (χ3v) is 6.66. The average molecular weight is 504 g/mol. The van der Waals surface area contributed by atoms with E-state index in [0.29, 0.717) is 25.3 Å². The van der Waals surface area contributed by atoms with Gasteiger partial charge >= 0.3 is 0 Å². The van der Waals surface area contributed by atoms with Crippen LogP contribution in [0.4, 0.5) is 8.78 Å². The first-order valence-corrected chi connectivity index (χ1v) is 11.4. The number of carbonyl (C=O) groups excluding carboxylic acids is 1. The van der Waals surface area contributed by atoms with Crippen molar-refractivity contribution in [3.05, 3.63) is 75.4 Å². The fraction of sp³-hybridized carbons (Fsp3) is 0.333. The van der Waals surface area contributed by atoms with Crippen LogP contribution < -0.4 is 10.6 Å². The molecular formula is C24H24BrF2N3O2. The Kier molecular flexibility index (Phi) is 7.01. The van der Waals surface area contributed by atoms with Crippen LogP contribution in [0.1, 0.15) is 42.0 Å². The monoisotopic (exact) mass is 503 g/mol. The zero-order chi connectivity index (χ0) is 22.7. The highest BCUT2D eigenvalue weighted by atomic mass is 79.9. The molecule has 168 valence electrons. The van der Waals surface area contributed by atoms with Crippen LogP contribution in [0.5, 0.6) is 0 Å². The van der Waals surface area contributed by atoms with Gasteiger partial charge in [-0.2, -0.15) is 0 Å². The summed E-state index contributed by atoms with van der Waals surface area (Å²) in [5.41, 5.74) is 3.43. The molecule has 1 aliphatic heterocycles. The zero-order valence-corrected chi connectivity index (χ0v) is 19.2. The normalized spacial score (nSPS) is 18.5. The van der Waals surface area contributed by atoms with Crippen molar-refractivity contribution in [2.45, 2.75) is 31.6 Å². The summed E-state index contributed by atoms with van der Waals surface area (Å²) >= 11 is 3.69. The summed E-state index contributed by atoms with van der Waals surface area (Å²) < 4.78 is 33.9. The van der Waals surface area contributed by atoms with Crippen LogP contribution in [0.15, 0.2) is 51.5 Å². The molecule has 2 aromatic carbocycles. The Labute approximate surface area is 193 Å². The van der Waals surface area contributed by atoms with Gasteiger partial charge in [0.2, 0.25) is 5.91 Å². The largest absolute Gasteiger partial charge is 0.356 e. The lowest BCUT2D eigenvalue weighted by Crippen LogP contribution is -2.34. The second kappa shape index (κ2) is 9.92. The number of benzene rings is 2. The number of nitrogens with one attached hydrogen (secondary N) is 2. The average Bonchev–Trinajstić information content (AvgIpc) is 3.17. The molecule has 32 heavy (non-hydrogen) atoms. The Morgan fingerprint density at radius 3 is 2.81 bits per heavy atom. The van der Waals surface area contributed by atoms with Crippen LogP contribution in [0.3, 0.4) is 0 Å². The number of piperidine rings is 1. The first kappa shape index (κ1) is 22.6. The highest BCUT2D eigenvalue weighted by Crippen LogP contribution is 2.43. The SMILES string of the molecule is CC(=O)NCCc1ccccc1-c1onc(C2CNCCC2c2ccc(F)c(F)c2)c1Br. The lowest BCUT2D eigenvalue weighted by atomic mass is 9.79. The highest BCUT2D eigenvalue weighted by molar-refractivity contribution is 9.10. The van der Waals surface area contributed by atoms with Gasteiger partial charge in [0.1, 0.15) is 5.69 Å². The fourth-order valence-electron chi connectivity index (χ4n) is 4.31. The number of hydrogen-bond acceptors (Lipinski definition) is 4. The number of rotatable bonds is 6. The van der Waals surface area contributed by atoms with Crippen LogP contribution in [-0.4, -0.2) is 30.7 Å². The van der Waals surface area contributed by atoms with Gasteiger partial charge in [-0.25, -0.2) is 8.78 Å². The smallest absolute Gasteiger partial charge is 0.216 e. The van der Waals surface area contributed by atoms with Gasteiger partial charge in [0.05, 0.1) is 4.47 Å². The van der Waals surface area contributed by atoms with Crippen molar-refractivity contribution in [1.82, 2.24) is 15.8 Å². The zero-order valence-electron chi connectivity index (χ0n) is 17.6. The van der Waals surface area contributed by atoms with E-state index in [0.717, 1.165) is 39.8 Å². The molecule has 2 N–H and O–H groups in total. The standard InChI is InChI=1S/C24H24BrF2N3O2/c1-14(31)29-11-8-15-4-2-3-5-18(15)24-22(25)23(30-32-24)19-13-28-10-9-17(19)16-6-7-20(26)21(27)12-16/h2-7,12,17,19,28H,8-11,13H2,1H3,(H,29,31). The van der Waals surface area contributed by atoms with E-state index in [9.17, 15) is 13.6 Å². The molecule has 4 rings (SSSR count). The van der Waals surface area contributed by atoms with Gasteiger partial charge in [-0.1, -0.05) is 35.5 Å². The molecule has 0 bridgehead atoms. The Morgan fingerprint density at radius 1 is 1.22 bits per heavy atom. The maximum Gasteiger partial charge on any atom is 0.216 e. The molecule has 0 radical (unpaired) electrons. The molecule has 0 aliphatic carbocycles. The molecule has 3 aromatic rings. The quantitative estimate of drug-likeness (QED) is 0.500. The molecule has 2 unspecified atom stereocenters. The molecule has 5 nitrogen and oxygen atoms in total. The van der Waals surface area contributed by atoms with Gasteiger partial charge in [-0.05, 0) is 64.5 Å². The van der Waals surface area contributed by atoms with Crippen molar-refractivity contribution >= 4 is 21.8 Å². The number of halogens is 3. The molecule has 1 fully saturated rings. The van der Waals surface area contributed by atoms with Crippen molar-refractivity contribution in [3.8, 4) is 11.3 Å². The minimum atomic E-state index is -0.847. The summed E-state index contributed by atoms with van der Waals surface area (Å²) in [6.07, 6.45) is 1.43. The van der Waals surface area contributed by atoms with Crippen LogP contribution in [0, 0.1) is 11.6 Å². The van der Waals surface area contributed by atoms with E-state index >= 15 is 0 Å². The van der Waals surface area contributed by atoms with Crippen LogP contribution in [0.2, 0.25) is 0 Å². The Hall–Kier alpha value is -2.58. The summed E-state index contributed by atoms with van der Waals surface area (Å²) in [7, 11) is 0. The van der Waals surface area contributed by atoms with Crippen molar-refractivity contribution in [3.63, 3.8) is 0 Å². The van der Waals surface area contributed by atoms with E-state index in [4.69, 9.17) is 4.52 Å². The van der Waals surface area contributed by atoms with Gasteiger partial charge in [0.25, 0.3) is 0 Å². The van der Waals surface area contributed by atoms with E-state index in [2.05, 4.69) is 31.7 Å². The number of nitrogens with zero attached hydrogens (tertiary/aromatic N) is 1. The number of carbonyl (C=O) groups is 1. The molecule has 1 saturated heterocycles. The summed E-state index contributed by atoms with van der Waals surface area (Å²) in [5, 5.41) is 10.6. The van der Waals surface area contributed by atoms with Gasteiger partial charge in [0, 0.05) is 31.5 Å². The molecule has 2 heterocycles. The van der Waals surface area contributed by atoms with Crippen LogP contribution >= 0.6 is 15.9 Å². The second-order valence-electron chi connectivity index (χ2n) is 7.98. The van der Waals surface area contributed by atoms with Crippen molar-refractivity contribution < 1.29 is 18.1 Å². The third-order valence-electron chi connectivity index (χ3n) is 5.89. The Balaban J connectivity index is 1.65. The number of aromatic nitrogens is 1. The van der Waals surface area contributed by atoms with Gasteiger partial charge in [0.15, 0.2) is 17.4 Å². The lowest BCUT2D eigenvalue weighted by molar-refractivity contribution is -0.118. The van der Waals surface area contributed by atoms with Crippen molar-refractivity contribution in [2.24, 2.45) is 0 Å². The molecular weight excluding hydrogens is 480 g/mol. The third kappa shape index (κ3) is 4.76. The second-order valence-corrected chi connectivity index (χ2v) is 8.77.